The molecule has 1 saturated carbocycles. The van der Waals surface area contributed by atoms with Crippen molar-refractivity contribution in [2.45, 2.75) is 63.0 Å². The molecule has 17 nitrogen and oxygen atoms in total. The van der Waals surface area contributed by atoms with Crippen LogP contribution in [0.2, 0.25) is 0 Å². The molecular weight excluding hydrogens is 688 g/mol. The molecule has 2 unspecified atom stereocenters. The van der Waals surface area contributed by atoms with Gasteiger partial charge in [-0.25, -0.2) is 4.79 Å². The van der Waals surface area contributed by atoms with Gasteiger partial charge in [0.2, 0.25) is 0 Å². The van der Waals surface area contributed by atoms with E-state index in [1.54, 1.807) is 18.2 Å². The molecule has 276 valence electrons. The molecule has 18 heteroatoms. The number of aromatic nitrogens is 3. The second-order valence-electron chi connectivity index (χ2n) is 12.3. The van der Waals surface area contributed by atoms with Gasteiger partial charge in [0, 0.05) is 80.1 Å². The van der Waals surface area contributed by atoms with Crippen LogP contribution in [0, 0.1) is 0 Å². The zero-order chi connectivity index (χ0) is 36.9. The van der Waals surface area contributed by atoms with Gasteiger partial charge in [0.1, 0.15) is 23.8 Å². The summed E-state index contributed by atoms with van der Waals surface area (Å²) in [6.07, 6.45) is -0.432. The number of carbonyl (C=O) groups is 3. The number of hydrogen-bond donors (Lipinski definition) is 4. The molecule has 0 bridgehead atoms. The third-order valence-electron chi connectivity index (χ3n) is 9.06. The van der Waals surface area contributed by atoms with Crippen LogP contribution in [0.4, 0.5) is 11.4 Å². The number of amides is 2. The molecule has 5 rings (SSSR count). The molecule has 1 aliphatic carbocycles. The number of aliphatic hydroxyl groups is 2. The zero-order valence-corrected chi connectivity index (χ0v) is 29.1. The van der Waals surface area contributed by atoms with Crippen LogP contribution < -0.4 is 9.80 Å². The molecule has 1 aromatic heterocycles. The Morgan fingerprint density at radius 2 is 1.57 bits per heavy atom. The predicted octanol–water partition coefficient (Wildman–Crippen LogP) is 0.951. The first-order chi connectivity index (χ1) is 24.3. The summed E-state index contributed by atoms with van der Waals surface area (Å²) in [4.78, 5) is 43.9. The first-order valence-corrected chi connectivity index (χ1v) is 18.2. The van der Waals surface area contributed by atoms with Crippen molar-refractivity contribution in [3.63, 3.8) is 0 Å². The van der Waals surface area contributed by atoms with Gasteiger partial charge < -0.3 is 34.7 Å². The summed E-state index contributed by atoms with van der Waals surface area (Å²) in [5, 5.41) is 41.4. The molecule has 4 N–H and O–H groups in total. The topological polar surface area (TPSA) is 225 Å². The van der Waals surface area contributed by atoms with Crippen LogP contribution >= 0.6 is 0 Å². The van der Waals surface area contributed by atoms with E-state index in [9.17, 15) is 38.1 Å². The summed E-state index contributed by atoms with van der Waals surface area (Å²) in [6.45, 7) is 6.11. The fraction of sp³-hybridized carbons (Fsp3) is 0.485. The minimum atomic E-state index is -4.22. The van der Waals surface area contributed by atoms with E-state index >= 15 is 0 Å². The molecule has 2 fully saturated rings. The fourth-order valence-electron chi connectivity index (χ4n) is 6.37. The highest BCUT2D eigenvalue weighted by Crippen LogP contribution is 2.50. The Bertz CT molecular complexity index is 1790. The van der Waals surface area contributed by atoms with Crippen molar-refractivity contribution in [1.82, 2.24) is 20.1 Å². The van der Waals surface area contributed by atoms with Gasteiger partial charge in [0.25, 0.3) is 21.9 Å². The molecule has 2 aromatic carbocycles. The summed E-state index contributed by atoms with van der Waals surface area (Å²) >= 11 is 0. The number of hydrogen-bond acceptors (Lipinski definition) is 14. The third kappa shape index (κ3) is 9.01. The molecule has 51 heavy (non-hydrogen) atoms. The van der Waals surface area contributed by atoms with Crippen LogP contribution in [-0.4, -0.2) is 118 Å². The van der Waals surface area contributed by atoms with Gasteiger partial charge in [-0.15, -0.1) is 10.2 Å². The van der Waals surface area contributed by atoms with Crippen LogP contribution in [0.5, 0.6) is 5.75 Å². The van der Waals surface area contributed by atoms with Crippen molar-refractivity contribution in [3.8, 4) is 5.75 Å². The molecule has 1 saturated heterocycles. The summed E-state index contributed by atoms with van der Waals surface area (Å²) in [5.74, 6) is -3.92. The summed E-state index contributed by atoms with van der Waals surface area (Å²) in [5.41, 5.74) is 2.84. The molecule has 3 aromatic rings. The lowest BCUT2D eigenvalue weighted by atomic mass is 9.63. The van der Waals surface area contributed by atoms with Crippen LogP contribution in [0.15, 0.2) is 48.7 Å². The molecule has 2 heterocycles. The third-order valence-corrected chi connectivity index (χ3v) is 9.72. The summed E-state index contributed by atoms with van der Waals surface area (Å²) < 4.78 is 38.1. The number of anilines is 2. The SMILES string of the molecule is CCN(CCOCC(=O)ON1C(=O)CCC1=O)c1ccc(C2C(O)C(c3ccc(N(CC)CCn4cc(CS(=O)(=O)O)nn4)cc3O)C2O)cc1. The van der Waals surface area contributed by atoms with Crippen molar-refractivity contribution in [2.24, 2.45) is 0 Å². The molecule has 2 amide bonds. The van der Waals surface area contributed by atoms with Crippen molar-refractivity contribution in [2.75, 3.05) is 49.2 Å². The maximum atomic E-state index is 12.0. The van der Waals surface area contributed by atoms with Crippen molar-refractivity contribution < 1.29 is 52.2 Å². The van der Waals surface area contributed by atoms with Crippen molar-refractivity contribution in [3.05, 3.63) is 65.5 Å². The summed E-state index contributed by atoms with van der Waals surface area (Å²) in [7, 11) is -4.22. The summed E-state index contributed by atoms with van der Waals surface area (Å²) in [6, 6.07) is 12.5. The van der Waals surface area contributed by atoms with Crippen LogP contribution in [0.25, 0.3) is 0 Å². The van der Waals surface area contributed by atoms with E-state index in [-0.39, 0.29) is 30.9 Å². The first-order valence-electron chi connectivity index (χ1n) is 16.6. The Morgan fingerprint density at radius 1 is 0.941 bits per heavy atom. The van der Waals surface area contributed by atoms with Gasteiger partial charge in [-0.2, -0.15) is 8.42 Å². The second-order valence-corrected chi connectivity index (χ2v) is 13.8. The standard InChI is InChI=1S/C33H42N6O11S/c1-3-36(13-14-38-18-22(34-35-38)20-51(46,47)48)24-9-10-25(26(40)17-24)31-32(44)30(33(31)45)21-5-7-23(8-6-21)37(4-2)15-16-49-19-29(43)50-39-27(41)11-12-28(39)42/h5-10,17-18,30-33,40,44-45H,3-4,11-16,19-20H2,1-2H3,(H,46,47,48). The number of aliphatic hydroxyl groups excluding tert-OH is 2. The molecule has 0 spiro atoms. The monoisotopic (exact) mass is 730 g/mol. The number of phenols is 1. The highest BCUT2D eigenvalue weighted by Gasteiger charge is 2.51. The number of likely N-dealkylation sites (N-methyl/N-ethyl adjacent to an activating group) is 2. The molecule has 2 atom stereocenters. The van der Waals surface area contributed by atoms with E-state index in [2.05, 4.69) is 10.3 Å². The number of ether oxygens (including phenoxy) is 1. The average Bonchev–Trinajstić information content (AvgIpc) is 3.66. The van der Waals surface area contributed by atoms with E-state index in [1.165, 1.54) is 10.9 Å². The number of benzene rings is 2. The Kier molecular flexibility index (Phi) is 11.9. The number of carbonyl (C=O) groups excluding carboxylic acids is 3. The Labute approximate surface area is 294 Å². The Balaban J connectivity index is 1.12. The van der Waals surface area contributed by atoms with Gasteiger partial charge >= 0.3 is 5.97 Å². The second kappa shape index (κ2) is 16.2. The maximum Gasteiger partial charge on any atom is 0.358 e. The predicted molar refractivity (Wildman–Crippen MR) is 181 cm³/mol. The normalized spacial score (nSPS) is 20.4. The quantitative estimate of drug-likeness (QED) is 0.0862. The van der Waals surface area contributed by atoms with Crippen molar-refractivity contribution >= 4 is 39.3 Å². The van der Waals surface area contributed by atoms with Gasteiger partial charge in [0.15, 0.2) is 0 Å². The van der Waals surface area contributed by atoms with Gasteiger partial charge in [0.05, 0.1) is 25.4 Å². The smallest absolute Gasteiger partial charge is 0.358 e. The first kappa shape index (κ1) is 37.6. The van der Waals surface area contributed by atoms with Gasteiger partial charge in [-0.1, -0.05) is 23.4 Å². The van der Waals surface area contributed by atoms with Gasteiger partial charge in [-0.05, 0) is 37.6 Å². The number of phenolic OH excluding ortho intramolecular Hbond substituents is 1. The van der Waals surface area contributed by atoms with Gasteiger partial charge in [-0.3, -0.25) is 18.8 Å². The van der Waals surface area contributed by atoms with Crippen LogP contribution in [-0.2, 0) is 46.4 Å². The Morgan fingerprint density at radius 3 is 2.18 bits per heavy atom. The number of rotatable bonds is 17. The molecule has 0 radical (unpaired) electrons. The number of aromatic hydroxyl groups is 1. The molecular formula is C33H42N6O11S. The molecule has 1 aliphatic heterocycles. The van der Waals surface area contributed by atoms with E-state index in [0.717, 1.165) is 11.3 Å². The number of imide groups is 1. The molecule has 2 aliphatic rings. The lowest BCUT2D eigenvalue weighted by Crippen LogP contribution is -2.51. The number of hydroxylamine groups is 2. The van der Waals surface area contributed by atoms with Crippen molar-refractivity contribution in [1.29, 1.82) is 0 Å². The number of nitrogens with zero attached hydrogens (tertiary/aromatic N) is 6. The minimum absolute atomic E-state index is 0.0111. The van der Waals surface area contributed by atoms with E-state index in [4.69, 9.17) is 14.1 Å². The Hall–Kier alpha value is -4.62. The lowest BCUT2D eigenvalue weighted by Gasteiger charge is -2.47. The lowest BCUT2D eigenvalue weighted by molar-refractivity contribution is -0.200. The van der Waals surface area contributed by atoms with Crippen LogP contribution in [0.3, 0.4) is 0 Å². The fourth-order valence-corrected chi connectivity index (χ4v) is 6.87. The largest absolute Gasteiger partial charge is 0.508 e. The van der Waals surface area contributed by atoms with E-state index in [0.29, 0.717) is 49.0 Å². The average molecular weight is 731 g/mol. The maximum absolute atomic E-state index is 12.0. The van der Waals surface area contributed by atoms with Crippen LogP contribution in [0.1, 0.15) is 55.3 Å². The highest BCUT2D eigenvalue weighted by molar-refractivity contribution is 7.85. The van der Waals surface area contributed by atoms with E-state index < -0.39 is 64.3 Å². The highest BCUT2D eigenvalue weighted by atomic mass is 32.2. The minimum Gasteiger partial charge on any atom is -0.508 e. The zero-order valence-electron chi connectivity index (χ0n) is 28.2. The van der Waals surface area contributed by atoms with E-state index in [1.807, 2.05) is 47.9 Å².